The third kappa shape index (κ3) is 7.65. The molecule has 0 aliphatic carbocycles. The van der Waals surface area contributed by atoms with E-state index in [0.29, 0.717) is 54.7 Å². The van der Waals surface area contributed by atoms with Crippen molar-refractivity contribution in [1.29, 1.82) is 0 Å². The van der Waals surface area contributed by atoms with Crippen LogP contribution in [0.5, 0.6) is 17.2 Å². The van der Waals surface area contributed by atoms with Gasteiger partial charge in [0.2, 0.25) is 5.95 Å². The van der Waals surface area contributed by atoms with Crippen molar-refractivity contribution in [3.05, 3.63) is 52.8 Å². The molecule has 3 heterocycles. The summed E-state index contributed by atoms with van der Waals surface area (Å²) in [6, 6.07) is 7.92. The highest BCUT2D eigenvalue weighted by molar-refractivity contribution is 7.85. The molecule has 0 saturated carbocycles. The van der Waals surface area contributed by atoms with Crippen LogP contribution in [-0.2, 0) is 21.5 Å². The van der Waals surface area contributed by atoms with Crippen molar-refractivity contribution in [2.45, 2.75) is 31.4 Å². The largest absolute Gasteiger partial charge is 0.497 e. The van der Waals surface area contributed by atoms with E-state index in [0.717, 1.165) is 5.56 Å². The van der Waals surface area contributed by atoms with E-state index < -0.39 is 10.1 Å². The highest BCUT2D eigenvalue weighted by Gasteiger charge is 2.20. The van der Waals surface area contributed by atoms with Gasteiger partial charge in [-0.2, -0.15) is 13.4 Å². The summed E-state index contributed by atoms with van der Waals surface area (Å²) in [4.78, 5) is 14.3. The van der Waals surface area contributed by atoms with Gasteiger partial charge in [-0.05, 0) is 29.7 Å². The summed E-state index contributed by atoms with van der Waals surface area (Å²) < 4.78 is 46.1. The van der Waals surface area contributed by atoms with Crippen LogP contribution in [-0.4, -0.2) is 66.4 Å². The minimum atomic E-state index is -4.16. The van der Waals surface area contributed by atoms with Crippen molar-refractivity contribution in [2.75, 3.05) is 44.0 Å². The molecule has 1 aliphatic rings. The van der Waals surface area contributed by atoms with Crippen molar-refractivity contribution in [3.63, 3.8) is 0 Å². The van der Waals surface area contributed by atoms with Crippen molar-refractivity contribution >= 4 is 33.5 Å². The molecule has 14 heteroatoms. The molecular formula is C24H30ClN5O7S. The van der Waals surface area contributed by atoms with Gasteiger partial charge in [-0.25, -0.2) is 9.97 Å². The molecule has 38 heavy (non-hydrogen) atoms. The van der Waals surface area contributed by atoms with E-state index in [-0.39, 0.29) is 28.9 Å². The van der Waals surface area contributed by atoms with Gasteiger partial charge in [0.25, 0.3) is 0 Å². The standard InChI is InChI=1S/C16H19ClN4O4.C8H11NO3S/c1-23-10-2-3-11(17)13(8-10)25-14-12(9-22)19-16(20-15(14)18)21-4-6-24-7-5-21;1-6(2)7-3-4-8(9-5-7)13(10,11)12/h2-3,8,22H,4-7,9H2,1H3,(H2,18,19,20);3-6H,1-2H3,(H,10,11,12). The predicted molar refractivity (Wildman–Crippen MR) is 142 cm³/mol. The Labute approximate surface area is 226 Å². The fourth-order valence-corrected chi connectivity index (χ4v) is 3.89. The Morgan fingerprint density at radius 1 is 1.18 bits per heavy atom. The van der Waals surface area contributed by atoms with E-state index in [1.165, 1.54) is 12.3 Å². The monoisotopic (exact) mass is 567 g/mol. The van der Waals surface area contributed by atoms with Crippen LogP contribution in [0, 0.1) is 0 Å². The first kappa shape index (κ1) is 29.3. The number of morpholine rings is 1. The molecule has 0 radical (unpaired) electrons. The smallest absolute Gasteiger partial charge is 0.312 e. The molecular weight excluding hydrogens is 538 g/mol. The zero-order valence-electron chi connectivity index (χ0n) is 21.2. The third-order valence-electron chi connectivity index (χ3n) is 5.43. The number of nitrogen functional groups attached to an aromatic ring is 1. The highest BCUT2D eigenvalue weighted by Crippen LogP contribution is 2.36. The fourth-order valence-electron chi connectivity index (χ4n) is 3.31. The van der Waals surface area contributed by atoms with Crippen LogP contribution >= 0.6 is 11.6 Å². The van der Waals surface area contributed by atoms with Gasteiger partial charge in [0.05, 0.1) is 32.0 Å². The fraction of sp³-hybridized carbons (Fsp3) is 0.375. The molecule has 1 aromatic carbocycles. The molecule has 1 aliphatic heterocycles. The van der Waals surface area contributed by atoms with Gasteiger partial charge in [0, 0.05) is 25.4 Å². The number of rotatable bonds is 7. The molecule has 0 bridgehead atoms. The Hall–Kier alpha value is -3.23. The first-order valence-corrected chi connectivity index (χ1v) is 13.4. The number of pyridine rings is 1. The molecule has 2 aromatic heterocycles. The molecule has 0 atom stereocenters. The average molecular weight is 568 g/mol. The zero-order chi connectivity index (χ0) is 27.9. The zero-order valence-corrected chi connectivity index (χ0v) is 22.7. The van der Waals surface area contributed by atoms with E-state index in [2.05, 4.69) is 15.0 Å². The molecule has 206 valence electrons. The summed E-state index contributed by atoms with van der Waals surface area (Å²) in [6.07, 6.45) is 1.45. The minimum absolute atomic E-state index is 0.124. The van der Waals surface area contributed by atoms with Gasteiger partial charge in [-0.1, -0.05) is 31.5 Å². The van der Waals surface area contributed by atoms with Crippen molar-refractivity contribution < 1.29 is 32.3 Å². The van der Waals surface area contributed by atoms with E-state index in [1.54, 1.807) is 31.4 Å². The lowest BCUT2D eigenvalue weighted by molar-refractivity contribution is 0.122. The number of hydrogen-bond donors (Lipinski definition) is 3. The Balaban J connectivity index is 0.000000260. The van der Waals surface area contributed by atoms with Crippen molar-refractivity contribution in [1.82, 2.24) is 15.0 Å². The van der Waals surface area contributed by atoms with Crippen LogP contribution in [0.2, 0.25) is 5.02 Å². The molecule has 0 amide bonds. The summed E-state index contributed by atoms with van der Waals surface area (Å²) in [6.45, 7) is 6.11. The number of aliphatic hydroxyl groups is 1. The first-order valence-electron chi connectivity index (χ1n) is 11.6. The van der Waals surface area contributed by atoms with E-state index in [4.69, 9.17) is 36.1 Å². The van der Waals surface area contributed by atoms with Gasteiger partial charge in [0.1, 0.15) is 17.2 Å². The molecule has 1 saturated heterocycles. The molecule has 0 spiro atoms. The lowest BCUT2D eigenvalue weighted by Crippen LogP contribution is -2.37. The maximum atomic E-state index is 10.6. The topological polar surface area (TPSA) is 170 Å². The predicted octanol–water partition coefficient (Wildman–Crippen LogP) is 3.29. The van der Waals surface area contributed by atoms with E-state index >= 15 is 0 Å². The number of anilines is 2. The summed E-state index contributed by atoms with van der Waals surface area (Å²) in [5, 5.41) is 9.75. The number of aliphatic hydroxyl groups excluding tert-OH is 1. The normalized spacial score (nSPS) is 13.6. The summed E-state index contributed by atoms with van der Waals surface area (Å²) in [5.41, 5.74) is 7.28. The highest BCUT2D eigenvalue weighted by atomic mass is 35.5. The Morgan fingerprint density at radius 3 is 2.45 bits per heavy atom. The summed E-state index contributed by atoms with van der Waals surface area (Å²) in [5.74, 6) is 1.95. The first-order chi connectivity index (χ1) is 18.0. The lowest BCUT2D eigenvalue weighted by Gasteiger charge is -2.27. The molecule has 4 N–H and O–H groups in total. The number of nitrogens with zero attached hydrogens (tertiary/aromatic N) is 4. The van der Waals surface area contributed by atoms with Crippen LogP contribution in [0.3, 0.4) is 0 Å². The molecule has 0 unspecified atom stereocenters. The number of benzene rings is 1. The van der Waals surface area contributed by atoms with Crippen LogP contribution in [0.4, 0.5) is 11.8 Å². The van der Waals surface area contributed by atoms with Crippen molar-refractivity contribution in [3.8, 4) is 17.2 Å². The number of nitrogens with two attached hydrogens (primary N) is 1. The second-order valence-corrected chi connectivity index (χ2v) is 10.2. The summed E-state index contributed by atoms with van der Waals surface area (Å²) in [7, 11) is -2.61. The SMILES string of the molecule is CC(C)c1ccc(S(=O)(=O)O)nc1.COc1ccc(Cl)c(Oc2c(N)nc(N3CCOCC3)nc2CO)c1. The molecule has 12 nitrogen and oxygen atoms in total. The van der Waals surface area contributed by atoms with Crippen LogP contribution in [0.15, 0.2) is 41.6 Å². The van der Waals surface area contributed by atoms with E-state index in [1.807, 2.05) is 18.7 Å². The molecule has 4 rings (SSSR count). The number of halogens is 1. The quantitative estimate of drug-likeness (QED) is 0.356. The van der Waals surface area contributed by atoms with Gasteiger partial charge < -0.3 is 30.0 Å². The summed E-state index contributed by atoms with van der Waals surface area (Å²) >= 11 is 6.16. The van der Waals surface area contributed by atoms with Gasteiger partial charge in [-0.15, -0.1) is 0 Å². The van der Waals surface area contributed by atoms with E-state index in [9.17, 15) is 13.5 Å². The Bertz CT molecular complexity index is 1330. The van der Waals surface area contributed by atoms with Crippen LogP contribution in [0.25, 0.3) is 0 Å². The Kier molecular flexibility index (Phi) is 10.1. The average Bonchev–Trinajstić information content (AvgIpc) is 2.91. The maximum absolute atomic E-state index is 10.6. The maximum Gasteiger partial charge on any atom is 0.312 e. The number of ether oxygens (including phenoxy) is 3. The lowest BCUT2D eigenvalue weighted by atomic mass is 10.1. The van der Waals surface area contributed by atoms with Gasteiger partial charge in [-0.3, -0.25) is 4.55 Å². The second-order valence-electron chi connectivity index (χ2n) is 8.40. The van der Waals surface area contributed by atoms with Crippen LogP contribution in [0.1, 0.15) is 31.0 Å². The Morgan fingerprint density at radius 2 is 1.89 bits per heavy atom. The third-order valence-corrected chi connectivity index (χ3v) is 6.52. The number of hydrogen-bond acceptors (Lipinski definition) is 11. The number of methoxy groups -OCH3 is 1. The van der Waals surface area contributed by atoms with Crippen molar-refractivity contribution in [2.24, 2.45) is 0 Å². The molecule has 1 fully saturated rings. The van der Waals surface area contributed by atoms with Gasteiger partial charge in [0.15, 0.2) is 16.6 Å². The number of aromatic nitrogens is 3. The van der Waals surface area contributed by atoms with Gasteiger partial charge >= 0.3 is 10.1 Å². The van der Waals surface area contributed by atoms with Crippen LogP contribution < -0.4 is 20.1 Å². The minimum Gasteiger partial charge on any atom is -0.497 e. The molecule has 3 aromatic rings. The second kappa shape index (κ2) is 13.0.